The lowest BCUT2D eigenvalue weighted by molar-refractivity contribution is -0.275. The lowest BCUT2D eigenvalue weighted by atomic mass is 9.80. The smallest absolute Gasteiger partial charge is 0.497 e. The number of nitrogens with zero attached hydrogens (tertiary/aromatic N) is 2. The van der Waals surface area contributed by atoms with E-state index in [1.807, 2.05) is 0 Å². The van der Waals surface area contributed by atoms with Gasteiger partial charge < -0.3 is 19.5 Å². The Morgan fingerprint density at radius 1 is 1.04 bits per heavy atom. The molecule has 46 heavy (non-hydrogen) atoms. The quantitative estimate of drug-likeness (QED) is 0.320. The Morgan fingerprint density at radius 3 is 2.41 bits per heavy atom. The Balaban J connectivity index is 1.84. The van der Waals surface area contributed by atoms with Crippen LogP contribution in [-0.2, 0) is 25.2 Å². The minimum atomic E-state index is -5.32. The number of rotatable bonds is 9. The highest BCUT2D eigenvalue weighted by atomic mass is 35.5. The van der Waals surface area contributed by atoms with E-state index in [9.17, 15) is 26.4 Å². The van der Waals surface area contributed by atoms with E-state index in [1.165, 1.54) is 48.4 Å². The zero-order valence-corrected chi connectivity index (χ0v) is 26.2. The molecule has 0 bridgehead atoms. The van der Waals surface area contributed by atoms with Crippen LogP contribution in [0.3, 0.4) is 0 Å². The molecule has 246 valence electrons. The summed E-state index contributed by atoms with van der Waals surface area (Å²) in [7, 11) is -2.77. The number of sulfonamides is 1. The average Bonchev–Trinajstić information content (AvgIpc) is 3.51. The normalized spacial score (nSPS) is 21.7. The predicted molar refractivity (Wildman–Crippen MR) is 158 cm³/mol. The van der Waals surface area contributed by atoms with Gasteiger partial charge in [0.25, 0.3) is 15.9 Å². The van der Waals surface area contributed by atoms with E-state index < -0.39 is 63.1 Å². The van der Waals surface area contributed by atoms with Gasteiger partial charge in [-0.25, -0.2) is 17.1 Å². The summed E-state index contributed by atoms with van der Waals surface area (Å²) in [6, 6.07) is 11.2. The second-order valence-corrected chi connectivity index (χ2v) is 12.6. The number of methoxy groups -OCH3 is 2. The maximum absolute atomic E-state index is 15.3. The average molecular weight is 686 g/mol. The van der Waals surface area contributed by atoms with Crippen molar-refractivity contribution in [3.05, 3.63) is 76.8 Å². The zero-order valence-electron chi connectivity index (χ0n) is 24.6. The lowest BCUT2D eigenvalue weighted by Gasteiger charge is -2.41. The summed E-state index contributed by atoms with van der Waals surface area (Å²) in [5.74, 6) is -3.08. The summed E-state index contributed by atoms with van der Waals surface area (Å²) < 4.78 is 99.7. The highest BCUT2D eigenvalue weighted by molar-refractivity contribution is 7.93. The van der Waals surface area contributed by atoms with Crippen LogP contribution in [0.2, 0.25) is 5.02 Å². The topological polar surface area (TPSA) is 114 Å². The van der Waals surface area contributed by atoms with Crippen molar-refractivity contribution in [2.45, 2.75) is 42.4 Å². The molecule has 1 fully saturated rings. The molecular weight excluding hydrogens is 658 g/mol. The van der Waals surface area contributed by atoms with Crippen molar-refractivity contribution in [3.63, 3.8) is 0 Å². The van der Waals surface area contributed by atoms with Gasteiger partial charge in [0.2, 0.25) is 5.91 Å². The number of hydrogen-bond acceptors (Lipinski definition) is 8. The fourth-order valence-electron chi connectivity index (χ4n) is 6.05. The second-order valence-electron chi connectivity index (χ2n) is 10.4. The second kappa shape index (κ2) is 12.3. The Hall–Kier alpha value is -4.08. The van der Waals surface area contributed by atoms with Crippen molar-refractivity contribution in [2.75, 3.05) is 31.6 Å². The van der Waals surface area contributed by atoms with E-state index in [-0.39, 0.29) is 46.3 Å². The maximum atomic E-state index is 15.3. The molecule has 2 amide bonds. The number of carbonyl (C=O) groups is 2. The maximum Gasteiger partial charge on any atom is 0.573 e. The first kappa shape index (κ1) is 33.3. The van der Waals surface area contributed by atoms with Gasteiger partial charge in [-0.15, -0.1) is 13.2 Å². The van der Waals surface area contributed by atoms with Crippen molar-refractivity contribution < 1.29 is 49.8 Å². The summed E-state index contributed by atoms with van der Waals surface area (Å²) in [5, 5.41) is 2.69. The van der Waals surface area contributed by atoms with Crippen molar-refractivity contribution in [2.24, 2.45) is 0 Å². The van der Waals surface area contributed by atoms with Gasteiger partial charge >= 0.3 is 6.36 Å². The molecular formula is C30H28ClF4N3O7S. The number of carbonyl (C=O) groups excluding carboxylic acids is 2. The number of para-hydroxylation sites is 1. The van der Waals surface area contributed by atoms with Crippen LogP contribution in [0.4, 0.5) is 23.2 Å². The number of amides is 2. The molecule has 0 aromatic heterocycles. The van der Waals surface area contributed by atoms with Crippen LogP contribution < -0.4 is 23.8 Å². The molecule has 2 aliphatic rings. The molecule has 2 aliphatic heterocycles. The SMILES string of the molecule is CCNC(=O)[C@@H]1CC(F)CN1C1(c2ccccc2OC)C(=O)N(S(=O)(=O)c2ccc(OC)cc2OC(F)(F)F)c2ccc(Cl)cc21. The molecule has 0 spiro atoms. The van der Waals surface area contributed by atoms with Gasteiger partial charge in [-0.3, -0.25) is 14.5 Å². The van der Waals surface area contributed by atoms with Gasteiger partial charge in [0.1, 0.15) is 22.6 Å². The number of halogens is 5. The number of ether oxygens (including phenoxy) is 3. The van der Waals surface area contributed by atoms with Crippen LogP contribution in [0.15, 0.2) is 65.6 Å². The fraction of sp³-hybridized carbons (Fsp3) is 0.333. The summed E-state index contributed by atoms with van der Waals surface area (Å²) >= 11 is 6.41. The highest BCUT2D eigenvalue weighted by Gasteiger charge is 2.64. The van der Waals surface area contributed by atoms with Gasteiger partial charge in [0, 0.05) is 41.7 Å². The summed E-state index contributed by atoms with van der Waals surface area (Å²) in [6.07, 6.45) is -7.27. The van der Waals surface area contributed by atoms with Crippen LogP contribution >= 0.6 is 11.6 Å². The molecule has 3 aromatic carbocycles. The monoisotopic (exact) mass is 685 g/mol. The number of alkyl halides is 4. The number of likely N-dealkylation sites (tertiary alicyclic amines) is 1. The van der Waals surface area contributed by atoms with Gasteiger partial charge in [0.15, 0.2) is 11.3 Å². The van der Waals surface area contributed by atoms with Crippen LogP contribution in [0, 0.1) is 0 Å². The van der Waals surface area contributed by atoms with Crippen molar-refractivity contribution in [1.82, 2.24) is 10.2 Å². The standard InChI is InChI=1S/C30H28ClF4N3O7S/c1-4-36-27(39)23-14-18(32)16-37(23)29(20-7-5-6-8-24(20)44-3)21-13-17(31)9-11-22(21)38(28(29)40)46(41,42)26-12-10-19(43-2)15-25(26)45-30(33,34)35/h5-13,15,18,23H,4,14,16H2,1-3H3,(H,36,39)/t18?,23-,29?/m0/s1. The number of hydrogen-bond donors (Lipinski definition) is 1. The summed E-state index contributed by atoms with van der Waals surface area (Å²) in [5.41, 5.74) is -2.55. The van der Waals surface area contributed by atoms with E-state index in [2.05, 4.69) is 10.1 Å². The number of likely N-dealkylation sites (N-methyl/N-ethyl adjacent to an activating group) is 1. The minimum absolute atomic E-state index is 0.0496. The molecule has 2 heterocycles. The number of fused-ring (bicyclic) bond motifs is 1. The molecule has 1 saturated heterocycles. The van der Waals surface area contributed by atoms with Crippen LogP contribution in [-0.4, -0.2) is 71.0 Å². The minimum Gasteiger partial charge on any atom is -0.497 e. The first-order valence-electron chi connectivity index (χ1n) is 13.9. The third-order valence-electron chi connectivity index (χ3n) is 7.79. The molecule has 3 atom stereocenters. The molecule has 3 aromatic rings. The molecule has 10 nitrogen and oxygen atoms in total. The third-order valence-corrected chi connectivity index (χ3v) is 9.76. The van der Waals surface area contributed by atoms with Crippen molar-refractivity contribution >= 4 is 39.1 Å². The molecule has 16 heteroatoms. The zero-order chi connectivity index (χ0) is 33.6. The first-order valence-corrected chi connectivity index (χ1v) is 15.7. The molecule has 0 aliphatic carbocycles. The number of benzene rings is 3. The molecule has 0 saturated carbocycles. The Morgan fingerprint density at radius 2 is 1.76 bits per heavy atom. The van der Waals surface area contributed by atoms with Gasteiger partial charge in [-0.05, 0) is 43.3 Å². The van der Waals surface area contributed by atoms with E-state index in [1.54, 1.807) is 13.0 Å². The van der Waals surface area contributed by atoms with Gasteiger partial charge in [-0.2, -0.15) is 0 Å². The van der Waals surface area contributed by atoms with E-state index in [0.717, 1.165) is 25.3 Å². The van der Waals surface area contributed by atoms with Crippen LogP contribution in [0.5, 0.6) is 17.2 Å². The molecule has 1 N–H and O–H groups in total. The molecule has 5 rings (SSSR count). The molecule has 0 radical (unpaired) electrons. The largest absolute Gasteiger partial charge is 0.573 e. The Bertz CT molecular complexity index is 1790. The van der Waals surface area contributed by atoms with Gasteiger partial charge in [-0.1, -0.05) is 29.8 Å². The van der Waals surface area contributed by atoms with Gasteiger partial charge in [0.05, 0.1) is 25.9 Å². The van der Waals surface area contributed by atoms with E-state index in [4.69, 9.17) is 21.1 Å². The van der Waals surface area contributed by atoms with Crippen molar-refractivity contribution in [3.8, 4) is 17.2 Å². The third kappa shape index (κ3) is 5.49. The number of nitrogens with one attached hydrogen (secondary N) is 1. The summed E-state index contributed by atoms with van der Waals surface area (Å²) in [4.78, 5) is 28.7. The predicted octanol–water partition coefficient (Wildman–Crippen LogP) is 4.78. The fourth-order valence-corrected chi connectivity index (χ4v) is 7.78. The summed E-state index contributed by atoms with van der Waals surface area (Å²) in [6.45, 7) is 1.34. The Kier molecular flexibility index (Phi) is 8.87. The first-order chi connectivity index (χ1) is 21.7. The Labute approximate surface area is 266 Å². The van der Waals surface area contributed by atoms with Crippen molar-refractivity contribution in [1.29, 1.82) is 0 Å². The van der Waals surface area contributed by atoms with Crippen LogP contribution in [0.25, 0.3) is 0 Å². The molecule has 2 unspecified atom stereocenters. The highest BCUT2D eigenvalue weighted by Crippen LogP contribution is 2.55. The lowest BCUT2D eigenvalue weighted by Crippen LogP contribution is -2.59. The van der Waals surface area contributed by atoms with E-state index in [0.29, 0.717) is 4.31 Å². The number of anilines is 1. The van der Waals surface area contributed by atoms with E-state index >= 15 is 9.18 Å². The van der Waals surface area contributed by atoms with Crippen LogP contribution in [0.1, 0.15) is 24.5 Å².